The number of nitrogens with one attached hydrogen (secondary N) is 3. The number of alkyl halides is 1. The third-order valence-electron chi connectivity index (χ3n) is 13.1. The van der Waals surface area contributed by atoms with E-state index in [0.717, 1.165) is 4.90 Å². The Balaban J connectivity index is 1.33. The summed E-state index contributed by atoms with van der Waals surface area (Å²) in [6.07, 6.45) is -1.73. The van der Waals surface area contributed by atoms with Crippen LogP contribution in [-0.4, -0.2) is 150 Å². The first-order valence-corrected chi connectivity index (χ1v) is 23.1. The highest BCUT2D eigenvalue weighted by Crippen LogP contribution is 2.37. The van der Waals surface area contributed by atoms with Gasteiger partial charge in [0.05, 0.1) is 29.3 Å². The van der Waals surface area contributed by atoms with Crippen molar-refractivity contribution in [1.82, 2.24) is 44.8 Å². The first-order valence-electron chi connectivity index (χ1n) is 23.1. The van der Waals surface area contributed by atoms with Gasteiger partial charge in [-0.3, -0.25) is 29.0 Å². The number of hydrogen-bond donors (Lipinski definition) is 4. The number of aromatic amines is 1. The molecule has 4 N–H and O–H groups in total. The lowest BCUT2D eigenvalue weighted by Gasteiger charge is -2.32. The number of carboxylic acid groups (broad SMARTS) is 1. The number of ether oxygens (including phenoxy) is 1. The minimum absolute atomic E-state index is 0.0167. The molecule has 2 aromatic carbocycles. The third-order valence-corrected chi connectivity index (χ3v) is 13.1. The van der Waals surface area contributed by atoms with Gasteiger partial charge in [-0.15, -0.1) is 0 Å². The molecule has 2 aliphatic heterocycles. The summed E-state index contributed by atoms with van der Waals surface area (Å²) in [5.41, 5.74) is 1.50. The molecule has 0 unspecified atom stereocenters. The molecule has 370 valence electrons. The predicted octanol–water partition coefficient (Wildman–Crippen LogP) is 6.22. The summed E-state index contributed by atoms with van der Waals surface area (Å²) in [6.45, 7) is 13.4. The first kappa shape index (κ1) is 51.1. The van der Waals surface area contributed by atoms with Crippen molar-refractivity contribution >= 4 is 57.8 Å². The Morgan fingerprint density at radius 1 is 0.912 bits per heavy atom. The Kier molecular flexibility index (Phi) is 15.4. The second-order valence-electron chi connectivity index (χ2n) is 19.4. The summed E-state index contributed by atoms with van der Waals surface area (Å²) >= 11 is 0. The molecule has 0 radical (unpaired) electrons. The molecule has 4 aromatic rings. The predicted molar refractivity (Wildman–Crippen MR) is 248 cm³/mol. The molecular formula is C48H64F3N9O8. The Morgan fingerprint density at radius 2 is 1.56 bits per heavy atom. The first-order chi connectivity index (χ1) is 31.9. The number of fused-ring (bicyclic) bond motifs is 2. The number of H-pyrrole nitrogens is 1. The smallest absolute Gasteiger partial charge is 0.410 e. The number of aromatic nitrogens is 3. The number of halogens is 3. The molecule has 6 amide bonds. The second kappa shape index (κ2) is 20.5. The fourth-order valence-electron chi connectivity index (χ4n) is 9.00. The number of imidazole rings is 1. The van der Waals surface area contributed by atoms with Crippen molar-refractivity contribution < 1.29 is 51.8 Å². The van der Waals surface area contributed by atoms with Crippen molar-refractivity contribution in [3.8, 4) is 11.5 Å². The number of amides is 6. The molecule has 7 atom stereocenters. The largest absolute Gasteiger partial charge is 0.465 e. The SMILES string of the molecule is CC[C@H](NC(=O)[C@H](C)N(C)C(=O)OC(C)(C)C)C(=O)N1CCC[C@H]1Cc1c(-c2nc3cc(F)ccc3n2C[C@@H]2C[C@H](F)CN2C(=O)[C@@H](NC(=O)[C@H](C)N(C)C(=O)O)C(C)C)[nH]c2cc(F)ccc12. The van der Waals surface area contributed by atoms with Gasteiger partial charge in [0.15, 0.2) is 5.82 Å². The fourth-order valence-corrected chi connectivity index (χ4v) is 9.00. The lowest BCUT2D eigenvalue weighted by atomic mass is 9.99. The minimum atomic E-state index is -1.43. The standard InChI is InChI=1S/C48H64F3N9O8/c1-11-35(54-42(61)27(5)57(10)47(67)68-48(6,7)8)44(63)58-18-12-13-31(58)22-34-33-16-14-28(49)20-36(33)52-40(34)41-53-37-21-29(50)15-17-38(37)60(41)24-32-19-30(51)23-59(32)45(64)39(25(2)3)55-43(62)26(4)56(9)46(65)66/h14-17,20-21,25-27,30-32,35,39,52H,11-13,18-19,22-24H2,1-10H3,(H,54,61)(H,55,62)(H,65,66)/t26-,27-,30-,31-,32-,35-,39-/m0/s1. The molecule has 0 saturated carbocycles. The molecule has 2 aliphatic rings. The van der Waals surface area contributed by atoms with Crippen molar-refractivity contribution in [2.75, 3.05) is 27.2 Å². The van der Waals surface area contributed by atoms with Crippen molar-refractivity contribution in [3.63, 3.8) is 0 Å². The maximum atomic E-state index is 15.6. The third kappa shape index (κ3) is 11.0. The molecule has 17 nitrogen and oxygen atoms in total. The van der Waals surface area contributed by atoms with Crippen molar-refractivity contribution in [2.24, 2.45) is 5.92 Å². The topological polar surface area (TPSA) is 203 Å². The molecule has 6 rings (SSSR count). The number of likely N-dealkylation sites (N-methyl/N-ethyl adjacent to an activating group) is 2. The number of carbonyl (C=O) groups is 6. The highest BCUT2D eigenvalue weighted by atomic mass is 19.1. The van der Waals surface area contributed by atoms with Crippen LogP contribution in [0.5, 0.6) is 0 Å². The van der Waals surface area contributed by atoms with Gasteiger partial charge in [0, 0.05) is 56.6 Å². The Hall–Kier alpha value is -6.34. The number of hydrogen-bond acceptors (Lipinski definition) is 8. The number of likely N-dealkylation sites (tertiary alicyclic amines) is 2. The van der Waals surface area contributed by atoms with E-state index in [-0.39, 0.29) is 49.8 Å². The van der Waals surface area contributed by atoms with Crippen molar-refractivity contribution in [1.29, 1.82) is 0 Å². The van der Waals surface area contributed by atoms with E-state index in [4.69, 9.17) is 9.72 Å². The summed E-state index contributed by atoms with van der Waals surface area (Å²) in [7, 11) is 2.69. The summed E-state index contributed by atoms with van der Waals surface area (Å²) in [4.78, 5) is 93.1. The van der Waals surface area contributed by atoms with Crippen LogP contribution in [-0.2, 0) is 36.9 Å². The summed E-state index contributed by atoms with van der Waals surface area (Å²) < 4.78 is 52.6. The maximum absolute atomic E-state index is 15.6. The van der Waals surface area contributed by atoms with Crippen LogP contribution in [0.25, 0.3) is 33.5 Å². The molecule has 0 aliphatic carbocycles. The molecule has 0 bridgehead atoms. The molecular weight excluding hydrogens is 888 g/mol. The Morgan fingerprint density at radius 3 is 2.21 bits per heavy atom. The molecule has 20 heteroatoms. The number of nitrogens with zero attached hydrogens (tertiary/aromatic N) is 6. The molecule has 0 spiro atoms. The van der Waals surface area contributed by atoms with Crippen LogP contribution >= 0.6 is 0 Å². The number of carbonyl (C=O) groups excluding carboxylic acids is 5. The Labute approximate surface area is 393 Å². The van der Waals surface area contributed by atoms with E-state index in [2.05, 4.69) is 15.6 Å². The molecule has 2 saturated heterocycles. The van der Waals surface area contributed by atoms with Crippen LogP contribution in [0.15, 0.2) is 36.4 Å². The number of rotatable bonds is 15. The van der Waals surface area contributed by atoms with E-state index in [0.29, 0.717) is 52.9 Å². The van der Waals surface area contributed by atoms with Crippen LogP contribution in [0, 0.1) is 17.6 Å². The van der Waals surface area contributed by atoms with Crippen molar-refractivity contribution in [2.45, 2.75) is 142 Å². The highest BCUT2D eigenvalue weighted by Gasteiger charge is 2.42. The van der Waals surface area contributed by atoms with Gasteiger partial charge in [0.25, 0.3) is 0 Å². The van der Waals surface area contributed by atoms with E-state index >= 15 is 4.39 Å². The second-order valence-corrected chi connectivity index (χ2v) is 19.4. The van der Waals surface area contributed by atoms with Crippen LogP contribution in [0.3, 0.4) is 0 Å². The zero-order valence-corrected chi connectivity index (χ0v) is 40.4. The van der Waals surface area contributed by atoms with Gasteiger partial charge in [-0.2, -0.15) is 0 Å². The summed E-state index contributed by atoms with van der Waals surface area (Å²) in [6, 6.07) is 3.08. The van der Waals surface area contributed by atoms with Crippen LogP contribution in [0.2, 0.25) is 0 Å². The van der Waals surface area contributed by atoms with E-state index in [9.17, 15) is 42.7 Å². The van der Waals surface area contributed by atoms with E-state index < -0.39 is 89.4 Å². The van der Waals surface area contributed by atoms with E-state index in [1.807, 2.05) is 0 Å². The van der Waals surface area contributed by atoms with E-state index in [1.54, 1.807) is 64.0 Å². The zero-order valence-electron chi connectivity index (χ0n) is 40.4. The molecule has 2 fully saturated rings. The highest BCUT2D eigenvalue weighted by molar-refractivity contribution is 5.94. The van der Waals surface area contributed by atoms with Gasteiger partial charge in [-0.25, -0.2) is 27.7 Å². The minimum Gasteiger partial charge on any atom is -0.465 e. The van der Waals surface area contributed by atoms with Crippen LogP contribution < -0.4 is 10.6 Å². The molecule has 68 heavy (non-hydrogen) atoms. The summed E-state index contributed by atoms with van der Waals surface area (Å²) in [5.74, 6) is -3.33. The maximum Gasteiger partial charge on any atom is 0.410 e. The van der Waals surface area contributed by atoms with Gasteiger partial charge in [0.2, 0.25) is 23.6 Å². The van der Waals surface area contributed by atoms with Gasteiger partial charge in [-0.1, -0.05) is 20.8 Å². The van der Waals surface area contributed by atoms with Gasteiger partial charge >= 0.3 is 12.2 Å². The molecule has 2 aromatic heterocycles. The Bertz CT molecular complexity index is 2560. The normalized spacial score (nSPS) is 19.2. The average Bonchev–Trinajstić information content (AvgIpc) is 4.06. The van der Waals surface area contributed by atoms with Gasteiger partial charge in [-0.05, 0) is 102 Å². The molecule has 4 heterocycles. The van der Waals surface area contributed by atoms with Crippen molar-refractivity contribution in [3.05, 3.63) is 53.6 Å². The van der Waals surface area contributed by atoms with E-state index in [1.165, 1.54) is 61.2 Å². The average molecular weight is 952 g/mol. The summed E-state index contributed by atoms with van der Waals surface area (Å²) in [5, 5.41) is 15.6. The number of benzene rings is 2. The quantitative estimate of drug-likeness (QED) is 0.107. The zero-order chi connectivity index (χ0) is 50.1. The van der Waals surface area contributed by atoms with Crippen LogP contribution in [0.1, 0.15) is 86.6 Å². The van der Waals surface area contributed by atoms with Crippen LogP contribution in [0.4, 0.5) is 22.8 Å². The monoisotopic (exact) mass is 951 g/mol. The van der Waals surface area contributed by atoms with Gasteiger partial charge < -0.3 is 39.8 Å². The lowest BCUT2D eigenvalue weighted by molar-refractivity contribution is -0.139. The lowest BCUT2D eigenvalue weighted by Crippen LogP contribution is -2.56. The fraction of sp³-hybridized carbons (Fsp3) is 0.562. The van der Waals surface area contributed by atoms with Gasteiger partial charge in [0.1, 0.15) is 47.6 Å².